The monoisotopic (exact) mass is 575 g/mol. The number of anilines is 1. The van der Waals surface area contributed by atoms with Gasteiger partial charge in [-0.1, -0.05) is 63.6 Å². The summed E-state index contributed by atoms with van der Waals surface area (Å²) in [5, 5.41) is 3.46. The van der Waals surface area contributed by atoms with Gasteiger partial charge in [-0.2, -0.15) is 0 Å². The van der Waals surface area contributed by atoms with Crippen molar-refractivity contribution in [2.75, 3.05) is 12.4 Å². The number of carbonyl (C=O) groups is 2. The Morgan fingerprint density at radius 1 is 0.975 bits per heavy atom. The number of esters is 1. The molecule has 0 unspecified atom stereocenters. The number of rotatable bonds is 6. The van der Waals surface area contributed by atoms with Crippen LogP contribution in [0.1, 0.15) is 88.8 Å². The smallest absolute Gasteiger partial charge is 0.350 e. The van der Waals surface area contributed by atoms with Crippen molar-refractivity contribution < 1.29 is 18.7 Å². The van der Waals surface area contributed by atoms with Gasteiger partial charge in [0.1, 0.15) is 10.6 Å². The third-order valence-corrected chi connectivity index (χ3v) is 9.46. The van der Waals surface area contributed by atoms with Crippen LogP contribution in [0.25, 0.3) is 10.4 Å². The average Bonchev–Trinajstić information content (AvgIpc) is 3.55. The van der Waals surface area contributed by atoms with Gasteiger partial charge >= 0.3 is 5.97 Å². The van der Waals surface area contributed by atoms with Crippen molar-refractivity contribution in [1.29, 1.82) is 0 Å². The number of thiophene rings is 1. The maximum absolute atomic E-state index is 13.2. The third-order valence-electron chi connectivity index (χ3n) is 8.04. The normalized spacial score (nSPS) is 15.4. The van der Waals surface area contributed by atoms with Gasteiger partial charge in [0, 0.05) is 16.3 Å². The van der Waals surface area contributed by atoms with Gasteiger partial charge in [-0.05, 0) is 88.7 Å². The van der Waals surface area contributed by atoms with Gasteiger partial charge in [-0.25, -0.2) is 4.79 Å². The molecular formula is C33H34ClNO4S. The number of furan rings is 1. The number of ether oxygens (including phenoxy) is 1. The van der Waals surface area contributed by atoms with E-state index in [0.29, 0.717) is 27.8 Å². The van der Waals surface area contributed by atoms with Crippen LogP contribution >= 0.6 is 22.9 Å². The summed E-state index contributed by atoms with van der Waals surface area (Å²) in [5.41, 5.74) is 6.78. The van der Waals surface area contributed by atoms with E-state index in [-0.39, 0.29) is 16.6 Å². The second-order valence-electron chi connectivity index (χ2n) is 11.8. The first kappa shape index (κ1) is 28.2. The molecule has 0 fully saturated rings. The molecule has 2 heterocycles. The third kappa shape index (κ3) is 5.48. The minimum absolute atomic E-state index is 0.115. The van der Waals surface area contributed by atoms with E-state index in [2.05, 4.69) is 52.1 Å². The highest BCUT2D eigenvalue weighted by Gasteiger charge is 2.37. The molecule has 0 saturated heterocycles. The summed E-state index contributed by atoms with van der Waals surface area (Å²) in [6.07, 6.45) is 2.91. The first-order chi connectivity index (χ1) is 18.9. The topological polar surface area (TPSA) is 68.5 Å². The second-order valence-corrected chi connectivity index (χ2v) is 13.3. The molecule has 4 aromatic rings. The van der Waals surface area contributed by atoms with Crippen molar-refractivity contribution in [2.45, 2.75) is 64.7 Å². The number of methoxy groups -OCH3 is 1. The van der Waals surface area contributed by atoms with Crippen LogP contribution < -0.4 is 5.32 Å². The Hall–Kier alpha value is -3.35. The number of fused-ring (bicyclic) bond motifs is 1. The molecule has 7 heteroatoms. The van der Waals surface area contributed by atoms with E-state index in [1.807, 2.05) is 18.2 Å². The highest BCUT2D eigenvalue weighted by atomic mass is 35.5. The predicted octanol–water partition coefficient (Wildman–Crippen LogP) is 8.95. The molecule has 5 nitrogen and oxygen atoms in total. The van der Waals surface area contributed by atoms with E-state index in [0.717, 1.165) is 16.9 Å². The number of aryl methyl sites for hydroxylation is 1. The average molecular weight is 576 g/mol. The first-order valence-corrected chi connectivity index (χ1v) is 14.6. The van der Waals surface area contributed by atoms with Crippen LogP contribution in [0.5, 0.6) is 0 Å². The van der Waals surface area contributed by atoms with E-state index in [1.54, 1.807) is 24.3 Å². The van der Waals surface area contributed by atoms with Gasteiger partial charge in [0.2, 0.25) is 0 Å². The molecule has 208 valence electrons. The minimum atomic E-state index is -0.519. The Morgan fingerprint density at radius 2 is 1.62 bits per heavy atom. The summed E-state index contributed by atoms with van der Waals surface area (Å²) >= 11 is 7.27. The fourth-order valence-corrected chi connectivity index (χ4v) is 6.57. The van der Waals surface area contributed by atoms with Crippen LogP contribution in [0.3, 0.4) is 0 Å². The van der Waals surface area contributed by atoms with E-state index >= 15 is 0 Å². The predicted molar refractivity (Wildman–Crippen MR) is 162 cm³/mol. The standard InChI is InChI=1S/C33H34ClNO4S/c1-19-15-24-25(33(4,5)14-13-32(24,2)3)17-21(19)16-23-11-12-27(39-23)30(36)35-26-18-28(40-29(26)31(37)38-6)20-7-9-22(34)10-8-20/h7-12,15,17-18H,13-14,16H2,1-6H3,(H,35,36). The lowest BCUT2D eigenvalue weighted by molar-refractivity contribution is 0.0607. The number of amides is 1. The van der Waals surface area contributed by atoms with Crippen LogP contribution in [0, 0.1) is 6.92 Å². The molecule has 1 N–H and O–H groups in total. The Balaban J connectivity index is 1.38. The van der Waals surface area contributed by atoms with E-state index in [9.17, 15) is 9.59 Å². The van der Waals surface area contributed by atoms with E-state index in [4.69, 9.17) is 20.8 Å². The van der Waals surface area contributed by atoms with Crippen molar-refractivity contribution in [3.8, 4) is 10.4 Å². The molecule has 2 aromatic carbocycles. The van der Waals surface area contributed by atoms with Gasteiger partial charge in [-0.15, -0.1) is 11.3 Å². The molecular weight excluding hydrogens is 542 g/mol. The number of hydrogen-bond acceptors (Lipinski definition) is 5. The molecule has 0 atom stereocenters. The van der Waals surface area contributed by atoms with Crippen LogP contribution in [0.2, 0.25) is 5.02 Å². The molecule has 0 aliphatic heterocycles. The molecule has 1 amide bonds. The maximum atomic E-state index is 13.2. The fourth-order valence-electron chi connectivity index (χ4n) is 5.41. The van der Waals surface area contributed by atoms with Crippen LogP contribution in [0.4, 0.5) is 5.69 Å². The van der Waals surface area contributed by atoms with Crippen molar-refractivity contribution in [3.63, 3.8) is 0 Å². The number of carbonyl (C=O) groups excluding carboxylic acids is 2. The molecule has 0 bridgehead atoms. The molecule has 0 saturated carbocycles. The lowest BCUT2D eigenvalue weighted by Gasteiger charge is -2.42. The SMILES string of the molecule is COC(=O)c1sc(-c2ccc(Cl)cc2)cc1NC(=O)c1ccc(Cc2cc3c(cc2C)C(C)(C)CCC3(C)C)o1. The summed E-state index contributed by atoms with van der Waals surface area (Å²) in [4.78, 5) is 26.8. The summed E-state index contributed by atoms with van der Waals surface area (Å²) in [6.45, 7) is 11.4. The van der Waals surface area contributed by atoms with E-state index < -0.39 is 11.9 Å². The van der Waals surface area contributed by atoms with Crippen LogP contribution in [0.15, 0.2) is 59.0 Å². The molecule has 0 radical (unpaired) electrons. The van der Waals surface area contributed by atoms with Crippen molar-refractivity contribution in [3.05, 3.63) is 98.3 Å². The van der Waals surface area contributed by atoms with Crippen molar-refractivity contribution in [2.24, 2.45) is 0 Å². The Bertz CT molecular complexity index is 1590. The summed E-state index contributed by atoms with van der Waals surface area (Å²) < 4.78 is 11.0. The van der Waals surface area contributed by atoms with Gasteiger partial charge < -0.3 is 14.5 Å². The fraction of sp³-hybridized carbons (Fsp3) is 0.333. The quantitative estimate of drug-likeness (QED) is 0.233. The molecule has 2 aromatic heterocycles. The summed E-state index contributed by atoms with van der Waals surface area (Å²) in [6, 6.07) is 17.3. The van der Waals surface area contributed by atoms with E-state index in [1.165, 1.54) is 47.1 Å². The largest absolute Gasteiger partial charge is 0.465 e. The number of hydrogen-bond donors (Lipinski definition) is 1. The van der Waals surface area contributed by atoms with Crippen molar-refractivity contribution >= 4 is 40.5 Å². The summed E-state index contributed by atoms with van der Waals surface area (Å²) in [5.74, 6) is -0.0555. The molecule has 1 aliphatic rings. The second kappa shape index (κ2) is 10.6. The van der Waals surface area contributed by atoms with Crippen LogP contribution in [-0.4, -0.2) is 19.0 Å². The van der Waals surface area contributed by atoms with Gasteiger partial charge in [0.25, 0.3) is 5.91 Å². The maximum Gasteiger partial charge on any atom is 0.350 e. The molecule has 1 aliphatic carbocycles. The number of benzene rings is 2. The van der Waals surface area contributed by atoms with Crippen LogP contribution in [-0.2, 0) is 22.0 Å². The first-order valence-electron chi connectivity index (χ1n) is 13.4. The zero-order valence-electron chi connectivity index (χ0n) is 23.7. The Morgan fingerprint density at radius 3 is 2.27 bits per heavy atom. The Labute approximate surface area is 244 Å². The zero-order chi connectivity index (χ0) is 28.8. The van der Waals surface area contributed by atoms with Crippen molar-refractivity contribution in [1.82, 2.24) is 0 Å². The number of nitrogens with one attached hydrogen (secondary N) is 1. The molecule has 5 rings (SSSR count). The van der Waals surface area contributed by atoms with Gasteiger partial charge in [0.15, 0.2) is 5.76 Å². The highest BCUT2D eigenvalue weighted by molar-refractivity contribution is 7.18. The lowest BCUT2D eigenvalue weighted by atomic mass is 9.62. The zero-order valence-corrected chi connectivity index (χ0v) is 25.3. The lowest BCUT2D eigenvalue weighted by Crippen LogP contribution is -2.34. The van der Waals surface area contributed by atoms with Gasteiger partial charge in [0.05, 0.1) is 12.8 Å². The molecule has 0 spiro atoms. The Kier molecular flexibility index (Phi) is 7.45. The van der Waals surface area contributed by atoms with Gasteiger partial charge in [-0.3, -0.25) is 4.79 Å². The highest BCUT2D eigenvalue weighted by Crippen LogP contribution is 2.46. The summed E-state index contributed by atoms with van der Waals surface area (Å²) in [7, 11) is 1.32. The minimum Gasteiger partial charge on any atom is -0.465 e. The number of halogens is 1. The molecule has 40 heavy (non-hydrogen) atoms.